The van der Waals surface area contributed by atoms with Crippen LogP contribution in [0.25, 0.3) is 10.2 Å². The Labute approximate surface area is 151 Å². The van der Waals surface area contributed by atoms with E-state index in [-0.39, 0.29) is 18.6 Å². The summed E-state index contributed by atoms with van der Waals surface area (Å²) in [6.07, 6.45) is 0.935. The van der Waals surface area contributed by atoms with E-state index >= 15 is 0 Å². The average Bonchev–Trinajstić information content (AvgIpc) is 3.08. The van der Waals surface area contributed by atoms with Gasteiger partial charge >= 0.3 is 0 Å². The lowest BCUT2D eigenvalue weighted by Crippen LogP contribution is -2.50. The van der Waals surface area contributed by atoms with Crippen LogP contribution in [0.2, 0.25) is 9.36 Å². The Bertz CT molecular complexity index is 767. The Kier molecular flexibility index (Phi) is 5.31. The van der Waals surface area contributed by atoms with Gasteiger partial charge < -0.3 is 15.4 Å². The molecule has 3 rings (SSSR count). The van der Waals surface area contributed by atoms with Crippen molar-refractivity contribution in [2.24, 2.45) is 0 Å². The molecule has 1 fully saturated rings. The van der Waals surface area contributed by atoms with Crippen molar-refractivity contribution in [1.82, 2.24) is 20.7 Å². The zero-order valence-corrected chi connectivity index (χ0v) is 14.9. The van der Waals surface area contributed by atoms with Gasteiger partial charge in [0.25, 0.3) is 11.8 Å². The average molecular weight is 391 g/mol. The first-order chi connectivity index (χ1) is 11.4. The Morgan fingerprint density at radius 3 is 2.75 bits per heavy atom. The lowest BCUT2D eigenvalue weighted by Gasteiger charge is -2.29. The molecule has 0 unspecified atom stereocenters. The van der Waals surface area contributed by atoms with E-state index in [1.807, 2.05) is 0 Å². The molecule has 0 bridgehead atoms. The number of hydrogen-bond acceptors (Lipinski definition) is 5. The normalized spacial score (nSPS) is 16.5. The first kappa shape index (κ1) is 17.5. The maximum atomic E-state index is 12.1. The van der Waals surface area contributed by atoms with Crippen LogP contribution in [0.5, 0.6) is 0 Å². The number of H-pyrrole nitrogens is 1. The van der Waals surface area contributed by atoms with Crippen LogP contribution in [0, 0.1) is 0 Å². The second kappa shape index (κ2) is 7.28. The van der Waals surface area contributed by atoms with Gasteiger partial charge in [0.2, 0.25) is 0 Å². The van der Waals surface area contributed by atoms with Crippen molar-refractivity contribution in [2.45, 2.75) is 18.9 Å². The van der Waals surface area contributed by atoms with E-state index in [1.54, 1.807) is 11.1 Å². The zero-order chi connectivity index (χ0) is 17.3. The van der Waals surface area contributed by atoms with Crippen molar-refractivity contribution in [3.63, 3.8) is 0 Å². The first-order valence-corrected chi connectivity index (χ1v) is 8.98. The summed E-state index contributed by atoms with van der Waals surface area (Å²) in [5, 5.41) is 14.1. The lowest BCUT2D eigenvalue weighted by molar-refractivity contribution is -0.126. The molecule has 0 spiro atoms. The number of fused-ring (bicyclic) bond motifs is 1. The second-order valence-electron chi connectivity index (χ2n) is 5.55. The molecule has 10 heteroatoms. The highest BCUT2D eigenvalue weighted by Gasteiger charge is 2.19. The molecular weight excluding hydrogens is 375 g/mol. The van der Waals surface area contributed by atoms with Gasteiger partial charge in [0.15, 0.2) is 0 Å². The predicted octanol–water partition coefficient (Wildman–Crippen LogP) is 1.75. The quantitative estimate of drug-likeness (QED) is 0.639. The van der Waals surface area contributed by atoms with Crippen LogP contribution in [-0.4, -0.2) is 52.7 Å². The Hall–Kier alpha value is -1.32. The molecule has 2 aromatic rings. The van der Waals surface area contributed by atoms with Crippen molar-refractivity contribution in [1.29, 1.82) is 0 Å². The number of nitrogens with zero attached hydrogens (tertiary/aromatic N) is 1. The minimum absolute atomic E-state index is 0.140. The molecule has 0 radical (unpaired) electrons. The fourth-order valence-corrected chi connectivity index (χ4v) is 3.97. The summed E-state index contributed by atoms with van der Waals surface area (Å²) in [5.41, 5.74) is 3.65. The van der Waals surface area contributed by atoms with E-state index in [2.05, 4.69) is 15.7 Å². The molecule has 24 heavy (non-hydrogen) atoms. The molecule has 0 aromatic carbocycles. The minimum Gasteiger partial charge on any atom is -0.393 e. The number of piperidine rings is 1. The number of aromatic amines is 1. The molecule has 1 aliphatic heterocycles. The number of hydrazine groups is 1. The van der Waals surface area contributed by atoms with Crippen molar-refractivity contribution >= 4 is 56.6 Å². The number of carbonyl (C=O) groups excluding carboxylic acids is 2. The SMILES string of the molecule is O=C(CNC(=O)c1cc2sc(Cl)c(Cl)c2[nH]1)NN1CCC(O)CC1. The van der Waals surface area contributed by atoms with Crippen molar-refractivity contribution in [2.75, 3.05) is 19.6 Å². The molecule has 2 amide bonds. The summed E-state index contributed by atoms with van der Waals surface area (Å²) < 4.78 is 1.25. The Morgan fingerprint density at radius 2 is 2.08 bits per heavy atom. The summed E-state index contributed by atoms with van der Waals surface area (Å²) in [7, 11) is 0. The molecule has 2 aromatic heterocycles. The van der Waals surface area contributed by atoms with Gasteiger partial charge in [0.1, 0.15) is 10.0 Å². The number of aromatic nitrogens is 1. The van der Waals surface area contributed by atoms with Crippen LogP contribution in [0.3, 0.4) is 0 Å². The van der Waals surface area contributed by atoms with Gasteiger partial charge in [-0.1, -0.05) is 23.2 Å². The molecule has 1 aliphatic rings. The number of carbonyl (C=O) groups is 2. The number of halogens is 2. The molecule has 1 saturated heterocycles. The van der Waals surface area contributed by atoms with Gasteiger partial charge in [-0.05, 0) is 18.9 Å². The maximum absolute atomic E-state index is 12.1. The van der Waals surface area contributed by atoms with E-state index < -0.39 is 5.91 Å². The lowest BCUT2D eigenvalue weighted by atomic mass is 10.1. The molecule has 3 heterocycles. The van der Waals surface area contributed by atoms with E-state index in [9.17, 15) is 14.7 Å². The molecule has 7 nitrogen and oxygen atoms in total. The molecule has 130 valence electrons. The fraction of sp³-hybridized carbons (Fsp3) is 0.429. The summed E-state index contributed by atoms with van der Waals surface area (Å²) in [4.78, 5) is 26.9. The van der Waals surface area contributed by atoms with E-state index in [4.69, 9.17) is 23.2 Å². The monoisotopic (exact) mass is 390 g/mol. The van der Waals surface area contributed by atoms with Gasteiger partial charge in [0.05, 0.1) is 27.9 Å². The van der Waals surface area contributed by atoms with Gasteiger partial charge in [-0.25, -0.2) is 5.01 Å². The predicted molar refractivity (Wildman–Crippen MR) is 93.5 cm³/mol. The van der Waals surface area contributed by atoms with Crippen LogP contribution in [0.15, 0.2) is 6.07 Å². The second-order valence-corrected chi connectivity index (χ2v) is 7.58. The highest BCUT2D eigenvalue weighted by atomic mass is 35.5. The number of nitrogens with one attached hydrogen (secondary N) is 3. The number of thiophene rings is 1. The van der Waals surface area contributed by atoms with Crippen molar-refractivity contribution in [3.05, 3.63) is 21.1 Å². The van der Waals surface area contributed by atoms with E-state index in [1.165, 1.54) is 11.3 Å². The Morgan fingerprint density at radius 1 is 1.38 bits per heavy atom. The van der Waals surface area contributed by atoms with E-state index in [0.29, 0.717) is 46.5 Å². The number of aliphatic hydroxyl groups excluding tert-OH is 1. The van der Waals surface area contributed by atoms with E-state index in [0.717, 1.165) is 4.70 Å². The first-order valence-electron chi connectivity index (χ1n) is 7.41. The van der Waals surface area contributed by atoms with Crippen LogP contribution in [0.1, 0.15) is 23.3 Å². The molecule has 4 N–H and O–H groups in total. The van der Waals surface area contributed by atoms with Gasteiger partial charge in [0, 0.05) is 13.1 Å². The number of hydrogen-bond donors (Lipinski definition) is 4. The highest BCUT2D eigenvalue weighted by molar-refractivity contribution is 7.23. The standard InChI is InChI=1S/C14H16Cl2N4O3S/c15-11-12-9(24-13(11)16)5-8(18-12)14(23)17-6-10(22)19-20-3-1-7(21)2-4-20/h5,7,18,21H,1-4,6H2,(H,17,23)(H,19,22). The smallest absolute Gasteiger partial charge is 0.268 e. The minimum atomic E-state index is -0.394. The summed E-state index contributed by atoms with van der Waals surface area (Å²) in [5.74, 6) is -0.705. The molecular formula is C14H16Cl2N4O3S. The topological polar surface area (TPSA) is 97.5 Å². The largest absolute Gasteiger partial charge is 0.393 e. The third-order valence-corrected chi connectivity index (χ3v) is 5.71. The summed E-state index contributed by atoms with van der Waals surface area (Å²) in [6.45, 7) is 1.04. The molecule has 0 atom stereocenters. The number of rotatable bonds is 4. The highest BCUT2D eigenvalue weighted by Crippen LogP contribution is 2.38. The molecule has 0 saturated carbocycles. The third kappa shape index (κ3) is 3.84. The summed E-state index contributed by atoms with van der Waals surface area (Å²) >= 11 is 13.2. The van der Waals surface area contributed by atoms with Crippen LogP contribution < -0.4 is 10.7 Å². The van der Waals surface area contributed by atoms with Crippen molar-refractivity contribution < 1.29 is 14.7 Å². The maximum Gasteiger partial charge on any atom is 0.268 e. The summed E-state index contributed by atoms with van der Waals surface area (Å²) in [6, 6.07) is 1.65. The van der Waals surface area contributed by atoms with Crippen LogP contribution >= 0.6 is 34.5 Å². The fourth-order valence-electron chi connectivity index (χ4n) is 2.49. The molecule has 0 aliphatic carbocycles. The Balaban J connectivity index is 1.51. The van der Waals surface area contributed by atoms with Gasteiger partial charge in [-0.2, -0.15) is 0 Å². The van der Waals surface area contributed by atoms with Gasteiger partial charge in [-0.15, -0.1) is 11.3 Å². The van der Waals surface area contributed by atoms with Crippen LogP contribution in [0.4, 0.5) is 0 Å². The number of aliphatic hydroxyl groups is 1. The third-order valence-electron chi connectivity index (χ3n) is 3.77. The van der Waals surface area contributed by atoms with Gasteiger partial charge in [-0.3, -0.25) is 15.0 Å². The van der Waals surface area contributed by atoms with Crippen LogP contribution in [-0.2, 0) is 4.79 Å². The van der Waals surface area contributed by atoms with Crippen molar-refractivity contribution in [3.8, 4) is 0 Å². The number of amides is 2. The zero-order valence-electron chi connectivity index (χ0n) is 12.6.